The number of ether oxygens (including phenoxy) is 1. The van der Waals surface area contributed by atoms with Crippen molar-refractivity contribution < 1.29 is 34.1 Å². The molecule has 0 unspecified atom stereocenters. The van der Waals surface area contributed by atoms with Gasteiger partial charge in [0.05, 0.1) is 13.2 Å². The summed E-state index contributed by atoms with van der Waals surface area (Å²) in [6.07, 6.45) is 1.44. The number of fused-ring (bicyclic) bond motifs is 1. The average Bonchev–Trinajstić information content (AvgIpc) is 3.08. The van der Waals surface area contributed by atoms with E-state index in [1.165, 1.54) is 6.07 Å². The Labute approximate surface area is 157 Å². The summed E-state index contributed by atoms with van der Waals surface area (Å²) in [4.78, 5) is 9.68. The molecular formula is C18H16F5NO3S. The van der Waals surface area contributed by atoms with Gasteiger partial charge in [-0.15, -0.1) is 0 Å². The number of rotatable bonds is 5. The van der Waals surface area contributed by atoms with Crippen molar-refractivity contribution in [1.29, 1.82) is 0 Å². The molecule has 1 amide bonds. The van der Waals surface area contributed by atoms with Gasteiger partial charge in [0.2, 0.25) is 5.91 Å². The van der Waals surface area contributed by atoms with Gasteiger partial charge in [0.25, 0.3) is 0 Å². The lowest BCUT2D eigenvalue weighted by molar-refractivity contribution is -0.111. The summed E-state index contributed by atoms with van der Waals surface area (Å²) in [5.74, 6) is -0.212. The molecule has 1 aliphatic heterocycles. The molecule has 2 aromatic carbocycles. The van der Waals surface area contributed by atoms with Crippen molar-refractivity contribution in [3.63, 3.8) is 0 Å². The average molecular weight is 421 g/mol. The van der Waals surface area contributed by atoms with Crippen LogP contribution in [0.15, 0.2) is 47.9 Å². The number of anilines is 1. The molecule has 1 aliphatic rings. The molecule has 2 N–H and O–H groups in total. The van der Waals surface area contributed by atoms with Crippen molar-refractivity contribution in [1.82, 2.24) is 0 Å². The number of carbonyl (C=O) groups is 1. The van der Waals surface area contributed by atoms with Crippen LogP contribution in [0.4, 0.5) is 25.1 Å². The molecule has 0 saturated carbocycles. The van der Waals surface area contributed by atoms with Crippen LogP contribution in [0.5, 0.6) is 5.75 Å². The molecule has 0 aromatic heterocycles. The molecule has 10 heteroatoms. The lowest BCUT2D eigenvalue weighted by Gasteiger charge is -2.40. The number of hydrogen-bond acceptors (Lipinski definition) is 3. The second-order valence-electron chi connectivity index (χ2n) is 6.20. The molecule has 2 aromatic rings. The number of benzene rings is 2. The molecule has 0 spiro atoms. The molecule has 0 fully saturated rings. The highest BCUT2D eigenvalue weighted by Gasteiger charge is 2.65. The van der Waals surface area contributed by atoms with Crippen LogP contribution in [0.3, 0.4) is 0 Å². The Bertz CT molecular complexity index is 972. The lowest BCUT2D eigenvalue weighted by Crippen LogP contribution is -2.11. The molecule has 0 atom stereocenters. The van der Waals surface area contributed by atoms with Crippen LogP contribution < -0.4 is 10.1 Å². The molecule has 0 aliphatic carbocycles. The number of hydrogen-bond donors (Lipinski definition) is 2. The molecule has 0 bridgehead atoms. The van der Waals surface area contributed by atoms with Crippen molar-refractivity contribution >= 4 is 21.8 Å². The van der Waals surface area contributed by atoms with E-state index in [9.17, 15) is 29.3 Å². The summed E-state index contributed by atoms with van der Waals surface area (Å²) < 4.78 is 70.2. The van der Waals surface area contributed by atoms with Gasteiger partial charge in [0, 0.05) is 28.8 Å². The quantitative estimate of drug-likeness (QED) is 0.491. The van der Waals surface area contributed by atoms with Crippen molar-refractivity contribution in [3.05, 3.63) is 54.1 Å². The Morgan fingerprint density at radius 2 is 1.86 bits per heavy atom. The Morgan fingerprint density at radius 3 is 2.39 bits per heavy atom. The minimum absolute atomic E-state index is 0.197. The number of amides is 1. The lowest BCUT2D eigenvalue weighted by atomic mass is 9.95. The highest BCUT2D eigenvalue weighted by Crippen LogP contribution is 3.02. The number of carbonyl (C=O) groups excluding carboxylic acids is 1. The first-order chi connectivity index (χ1) is 12.8. The van der Waals surface area contributed by atoms with Gasteiger partial charge in [-0.1, -0.05) is 38.1 Å². The number of aliphatic hydroxyl groups is 1. The smallest absolute Gasteiger partial charge is 0.310 e. The minimum Gasteiger partial charge on any atom is -0.492 e. The van der Waals surface area contributed by atoms with Gasteiger partial charge in [0.15, 0.2) is 0 Å². The van der Waals surface area contributed by atoms with Gasteiger partial charge in [0.1, 0.15) is 10.6 Å². The monoisotopic (exact) mass is 421 g/mol. The predicted octanol–water partition coefficient (Wildman–Crippen LogP) is 5.56. The zero-order valence-corrected chi connectivity index (χ0v) is 15.2. The fourth-order valence-electron chi connectivity index (χ4n) is 3.03. The molecule has 3 rings (SSSR count). The van der Waals surface area contributed by atoms with E-state index in [0.717, 1.165) is 18.2 Å². The van der Waals surface area contributed by atoms with Crippen molar-refractivity contribution in [2.24, 2.45) is 0 Å². The van der Waals surface area contributed by atoms with Gasteiger partial charge in [-0.2, -0.15) is 0 Å². The van der Waals surface area contributed by atoms with Crippen molar-refractivity contribution in [2.75, 3.05) is 11.9 Å². The van der Waals surface area contributed by atoms with Crippen LogP contribution in [-0.4, -0.2) is 17.6 Å². The van der Waals surface area contributed by atoms with E-state index in [2.05, 4.69) is 11.9 Å². The second-order valence-corrected chi connectivity index (χ2v) is 8.61. The van der Waals surface area contributed by atoms with Gasteiger partial charge in [-0.05, 0) is 29.8 Å². The van der Waals surface area contributed by atoms with E-state index in [0.29, 0.717) is 41.0 Å². The summed E-state index contributed by atoms with van der Waals surface area (Å²) in [6.45, 7) is 3.21. The first-order valence-electron chi connectivity index (χ1n) is 8.04. The fraction of sp³-hybridized carbons (Fsp3) is 0.167. The van der Waals surface area contributed by atoms with Crippen LogP contribution in [0, 0.1) is 0 Å². The van der Waals surface area contributed by atoms with Crippen LogP contribution in [0.25, 0.3) is 11.1 Å². The van der Waals surface area contributed by atoms with Gasteiger partial charge in [-0.25, -0.2) is 0 Å². The van der Waals surface area contributed by atoms with E-state index in [1.54, 1.807) is 0 Å². The summed E-state index contributed by atoms with van der Waals surface area (Å²) >= 11 is 0. The standard InChI is InChI=1S/C18H16F5NO3S/c1-2-17(26)24-16-9-14(18-13(7-8-27-18)15(16)10-25)11-3-5-12(6-4-11)28(19,20,21,22)23/h2-6,9,25H,1,7-8,10H2,(H,24,26). The molecular weight excluding hydrogens is 405 g/mol. The maximum absolute atomic E-state index is 12.9. The van der Waals surface area contributed by atoms with Crippen molar-refractivity contribution in [2.45, 2.75) is 17.9 Å². The normalized spacial score (nSPS) is 15.8. The van der Waals surface area contributed by atoms with Crippen LogP contribution >= 0.6 is 10.2 Å². The topological polar surface area (TPSA) is 58.6 Å². The summed E-state index contributed by atoms with van der Waals surface area (Å²) in [6, 6.07) is 3.90. The Kier molecular flexibility index (Phi) is 4.28. The third-order valence-electron chi connectivity index (χ3n) is 4.31. The molecule has 1 heterocycles. The first kappa shape index (κ1) is 20.2. The predicted molar refractivity (Wildman–Crippen MR) is 97.2 cm³/mol. The second kappa shape index (κ2) is 5.95. The van der Waals surface area contributed by atoms with E-state index >= 15 is 0 Å². The number of halogens is 5. The Hall–Kier alpha value is -2.59. The van der Waals surface area contributed by atoms with Crippen LogP contribution in [0.1, 0.15) is 11.1 Å². The Balaban J connectivity index is 2.15. The SMILES string of the molecule is C=CC(=O)Nc1cc(-c2ccc(S(F)(F)(F)(F)F)cc2)c2c(c1CO)CCO2. The number of aliphatic hydroxyl groups excluding tert-OH is 1. The molecule has 0 radical (unpaired) electrons. The largest absolute Gasteiger partial charge is 0.492 e. The molecule has 28 heavy (non-hydrogen) atoms. The van der Waals surface area contributed by atoms with Crippen LogP contribution in [-0.2, 0) is 17.8 Å². The zero-order valence-electron chi connectivity index (χ0n) is 14.4. The van der Waals surface area contributed by atoms with Gasteiger partial charge in [-0.3, -0.25) is 4.79 Å². The summed E-state index contributed by atoms with van der Waals surface area (Å²) in [5.41, 5.74) is 1.76. The van der Waals surface area contributed by atoms with Crippen LogP contribution in [0.2, 0.25) is 0 Å². The maximum atomic E-state index is 12.9. The zero-order chi connectivity index (χ0) is 20.8. The fourth-order valence-corrected chi connectivity index (χ4v) is 3.68. The van der Waals surface area contributed by atoms with Gasteiger partial charge < -0.3 is 15.2 Å². The van der Waals surface area contributed by atoms with E-state index in [1.807, 2.05) is 0 Å². The first-order valence-corrected chi connectivity index (χ1v) is 9.99. The highest BCUT2D eigenvalue weighted by molar-refractivity contribution is 8.45. The van der Waals surface area contributed by atoms with Gasteiger partial charge >= 0.3 is 10.2 Å². The van der Waals surface area contributed by atoms with E-state index in [-0.39, 0.29) is 17.9 Å². The molecule has 4 nitrogen and oxygen atoms in total. The minimum atomic E-state index is -9.77. The Morgan fingerprint density at radius 1 is 1.21 bits per heavy atom. The van der Waals surface area contributed by atoms with E-state index < -0.39 is 27.6 Å². The highest BCUT2D eigenvalue weighted by atomic mass is 32.5. The van der Waals surface area contributed by atoms with Crippen molar-refractivity contribution in [3.8, 4) is 16.9 Å². The summed E-state index contributed by atoms with van der Waals surface area (Å²) in [7, 11) is -9.77. The molecule has 152 valence electrons. The third kappa shape index (κ3) is 3.83. The van der Waals surface area contributed by atoms with E-state index in [4.69, 9.17) is 4.74 Å². The maximum Gasteiger partial charge on any atom is 0.310 e. The molecule has 0 saturated heterocycles. The summed E-state index contributed by atoms with van der Waals surface area (Å²) in [5, 5.41) is 12.2. The number of nitrogens with one attached hydrogen (secondary N) is 1. The third-order valence-corrected chi connectivity index (χ3v) is 5.47.